The molecule has 0 radical (unpaired) electrons. The van der Waals surface area contributed by atoms with Gasteiger partial charge in [-0.05, 0) is 122 Å². The standard InChI is InChI=1S/C48H53F3N4O4/c49-48(50,51)47(58)59-40-18-15-36(16-19-40)25-30-55(45(56)20-17-39-32-53-44-14-4-3-12-42(39)44)33-37-9-6-10-38(31-37)41-11-1-2-13-43(41)46(57)54-28-23-35(24-29-54)8-5-7-34-21-26-52-27-22-34/h1-4,6,9-16,18-19,31-32,34-35,52-53H,5,7-8,17,20-30,33H2. The van der Waals surface area contributed by atoms with E-state index in [2.05, 4.69) is 15.0 Å². The van der Waals surface area contributed by atoms with Crippen molar-refractivity contribution in [2.45, 2.75) is 76.9 Å². The first-order chi connectivity index (χ1) is 28.6. The minimum atomic E-state index is -5.09. The summed E-state index contributed by atoms with van der Waals surface area (Å²) < 4.78 is 42.6. The zero-order valence-electron chi connectivity index (χ0n) is 33.4. The molecule has 2 saturated heterocycles. The van der Waals surface area contributed by atoms with E-state index in [1.807, 2.05) is 83.9 Å². The minimum Gasteiger partial charge on any atom is -0.420 e. The number of hydrogen-bond acceptors (Lipinski definition) is 5. The van der Waals surface area contributed by atoms with Gasteiger partial charge in [0, 0.05) is 55.3 Å². The van der Waals surface area contributed by atoms with Gasteiger partial charge in [-0.1, -0.05) is 86.0 Å². The molecule has 5 aromatic rings. The van der Waals surface area contributed by atoms with E-state index in [4.69, 9.17) is 0 Å². The Morgan fingerprint density at radius 1 is 0.780 bits per heavy atom. The monoisotopic (exact) mass is 806 g/mol. The number of nitrogens with one attached hydrogen (secondary N) is 2. The summed E-state index contributed by atoms with van der Waals surface area (Å²) >= 11 is 0. The van der Waals surface area contributed by atoms with Gasteiger partial charge in [0.2, 0.25) is 5.91 Å². The molecule has 4 aromatic carbocycles. The second kappa shape index (κ2) is 19.6. The molecule has 8 nitrogen and oxygen atoms in total. The van der Waals surface area contributed by atoms with Gasteiger partial charge in [0.15, 0.2) is 0 Å². The molecule has 0 unspecified atom stereocenters. The van der Waals surface area contributed by atoms with Crippen molar-refractivity contribution in [3.63, 3.8) is 0 Å². The molecule has 59 heavy (non-hydrogen) atoms. The van der Waals surface area contributed by atoms with E-state index in [0.29, 0.717) is 37.4 Å². The van der Waals surface area contributed by atoms with Crippen molar-refractivity contribution >= 4 is 28.7 Å². The van der Waals surface area contributed by atoms with Crippen molar-refractivity contribution in [1.82, 2.24) is 20.1 Å². The van der Waals surface area contributed by atoms with Crippen LogP contribution in [0.25, 0.3) is 22.0 Å². The molecule has 0 aliphatic carbocycles. The first-order valence-electron chi connectivity index (χ1n) is 21.0. The number of H-pyrrole nitrogens is 1. The number of aromatic nitrogens is 1. The van der Waals surface area contributed by atoms with Crippen LogP contribution in [0.15, 0.2) is 103 Å². The SMILES string of the molecule is O=C(CCc1c[nH]c2ccccc12)N(CCc1ccc(OC(=O)C(F)(F)F)cc1)Cc1cccc(-c2ccccc2C(=O)N2CCC(CCCC3CCNCC3)CC2)c1. The lowest BCUT2D eigenvalue weighted by atomic mass is 9.87. The number of carbonyl (C=O) groups is 3. The number of amides is 2. The third-order valence-electron chi connectivity index (χ3n) is 12.0. The Morgan fingerprint density at radius 3 is 2.25 bits per heavy atom. The van der Waals surface area contributed by atoms with Gasteiger partial charge in [0.1, 0.15) is 5.75 Å². The summed E-state index contributed by atoms with van der Waals surface area (Å²) in [6.45, 7) is 4.49. The Bertz CT molecular complexity index is 2190. The number of hydrogen-bond donors (Lipinski definition) is 2. The third kappa shape index (κ3) is 11.2. The molecule has 2 N–H and O–H groups in total. The fourth-order valence-corrected chi connectivity index (χ4v) is 8.62. The van der Waals surface area contributed by atoms with Crippen LogP contribution in [0.2, 0.25) is 0 Å². The highest BCUT2D eigenvalue weighted by Crippen LogP contribution is 2.31. The van der Waals surface area contributed by atoms with Crippen molar-refractivity contribution in [2.24, 2.45) is 11.8 Å². The average Bonchev–Trinajstić information content (AvgIpc) is 3.68. The van der Waals surface area contributed by atoms with E-state index >= 15 is 0 Å². The summed E-state index contributed by atoms with van der Waals surface area (Å²) in [7, 11) is 0. The number of piperidine rings is 2. The van der Waals surface area contributed by atoms with E-state index in [0.717, 1.165) is 83.7 Å². The number of para-hydroxylation sites is 1. The molecular formula is C48H53F3N4O4. The molecule has 310 valence electrons. The normalized spacial score (nSPS) is 15.3. The van der Waals surface area contributed by atoms with Gasteiger partial charge in [0.05, 0.1) is 0 Å². The lowest BCUT2D eigenvalue weighted by molar-refractivity contribution is -0.189. The molecule has 2 fully saturated rings. The van der Waals surface area contributed by atoms with Crippen LogP contribution in [0, 0.1) is 11.8 Å². The van der Waals surface area contributed by atoms with E-state index in [1.54, 1.807) is 17.0 Å². The Morgan fingerprint density at radius 2 is 1.49 bits per heavy atom. The van der Waals surface area contributed by atoms with E-state index in [9.17, 15) is 27.6 Å². The number of ether oxygens (including phenoxy) is 1. The van der Waals surface area contributed by atoms with Crippen LogP contribution in [0.4, 0.5) is 13.2 Å². The second-order valence-electron chi connectivity index (χ2n) is 16.1. The maximum atomic E-state index is 14.1. The summed E-state index contributed by atoms with van der Waals surface area (Å²) in [6.07, 6.45) is 6.58. The minimum absolute atomic E-state index is 0.0401. The van der Waals surface area contributed by atoms with Crippen molar-refractivity contribution in [2.75, 3.05) is 32.7 Å². The molecule has 1 aromatic heterocycles. The van der Waals surface area contributed by atoms with Gasteiger partial charge < -0.3 is 24.8 Å². The van der Waals surface area contributed by atoms with Crippen LogP contribution in [-0.4, -0.2) is 71.5 Å². The summed E-state index contributed by atoms with van der Waals surface area (Å²) in [4.78, 5) is 46.4. The molecule has 2 amide bonds. The fourth-order valence-electron chi connectivity index (χ4n) is 8.62. The number of alkyl halides is 3. The number of carbonyl (C=O) groups excluding carboxylic acids is 3. The van der Waals surface area contributed by atoms with Crippen LogP contribution in [-0.2, 0) is 29.0 Å². The predicted octanol–water partition coefficient (Wildman–Crippen LogP) is 9.53. The van der Waals surface area contributed by atoms with Crippen LogP contribution in [0.5, 0.6) is 5.75 Å². The number of fused-ring (bicyclic) bond motifs is 1. The number of rotatable bonds is 15. The highest BCUT2D eigenvalue weighted by atomic mass is 19.4. The van der Waals surface area contributed by atoms with Gasteiger partial charge in [-0.2, -0.15) is 13.2 Å². The Hall–Kier alpha value is -5.42. The quantitative estimate of drug-likeness (QED) is 0.0813. The van der Waals surface area contributed by atoms with Crippen LogP contribution in [0.3, 0.4) is 0 Å². The van der Waals surface area contributed by atoms with Crippen LogP contribution in [0.1, 0.15) is 78.4 Å². The Balaban J connectivity index is 1.02. The van der Waals surface area contributed by atoms with Gasteiger partial charge in [-0.3, -0.25) is 9.59 Å². The van der Waals surface area contributed by atoms with E-state index < -0.39 is 12.1 Å². The maximum absolute atomic E-state index is 14.1. The maximum Gasteiger partial charge on any atom is 0.491 e. The number of aryl methyl sites for hydroxylation is 1. The molecule has 11 heteroatoms. The smallest absolute Gasteiger partial charge is 0.420 e. The van der Waals surface area contributed by atoms with E-state index in [-0.39, 0.29) is 24.0 Å². The number of aromatic amines is 1. The van der Waals surface area contributed by atoms with Crippen LogP contribution < -0.4 is 10.1 Å². The number of halogens is 3. The lowest BCUT2D eigenvalue weighted by Gasteiger charge is -2.33. The topological polar surface area (TPSA) is 94.7 Å². The molecular weight excluding hydrogens is 754 g/mol. The van der Waals surface area contributed by atoms with Crippen molar-refractivity contribution in [3.05, 3.63) is 126 Å². The first kappa shape index (κ1) is 41.7. The molecule has 0 saturated carbocycles. The Kier molecular flexibility index (Phi) is 13.8. The molecule has 2 aliphatic heterocycles. The summed E-state index contributed by atoms with van der Waals surface area (Å²) in [6, 6.07) is 29.6. The highest BCUT2D eigenvalue weighted by Gasteiger charge is 2.41. The lowest BCUT2D eigenvalue weighted by Crippen LogP contribution is -2.38. The highest BCUT2D eigenvalue weighted by molar-refractivity contribution is 6.01. The van der Waals surface area contributed by atoms with Gasteiger partial charge in [0.25, 0.3) is 5.91 Å². The molecule has 3 heterocycles. The van der Waals surface area contributed by atoms with Gasteiger partial charge >= 0.3 is 12.1 Å². The molecule has 0 atom stereocenters. The van der Waals surface area contributed by atoms with E-state index in [1.165, 1.54) is 44.2 Å². The van der Waals surface area contributed by atoms with Crippen molar-refractivity contribution < 1.29 is 32.3 Å². The summed E-state index contributed by atoms with van der Waals surface area (Å²) in [5.74, 6) is -0.955. The van der Waals surface area contributed by atoms with Gasteiger partial charge in [-0.25, -0.2) is 4.79 Å². The van der Waals surface area contributed by atoms with Crippen molar-refractivity contribution in [1.29, 1.82) is 0 Å². The number of benzene rings is 4. The van der Waals surface area contributed by atoms with Crippen molar-refractivity contribution in [3.8, 4) is 16.9 Å². The summed E-state index contributed by atoms with van der Waals surface area (Å²) in [5, 5.41) is 4.53. The average molecular weight is 807 g/mol. The van der Waals surface area contributed by atoms with Gasteiger partial charge in [-0.15, -0.1) is 0 Å². The van der Waals surface area contributed by atoms with Crippen LogP contribution >= 0.6 is 0 Å². The first-order valence-corrected chi connectivity index (χ1v) is 21.0. The molecule has 2 aliphatic rings. The third-order valence-corrected chi connectivity index (χ3v) is 12.0. The number of nitrogens with zero attached hydrogens (tertiary/aromatic N) is 2. The largest absolute Gasteiger partial charge is 0.491 e. The second-order valence-corrected chi connectivity index (χ2v) is 16.1. The molecule has 7 rings (SSSR count). The predicted molar refractivity (Wildman–Crippen MR) is 224 cm³/mol. The fraction of sp³-hybridized carbons (Fsp3) is 0.396. The zero-order chi connectivity index (χ0) is 41.2. The number of likely N-dealkylation sites (tertiary alicyclic amines) is 1. The molecule has 0 bridgehead atoms. The summed E-state index contributed by atoms with van der Waals surface area (Å²) in [5.41, 5.74) is 6.16. The molecule has 0 spiro atoms. The Labute approximate surface area is 344 Å². The zero-order valence-corrected chi connectivity index (χ0v) is 33.4. The number of esters is 1.